The highest BCUT2D eigenvalue weighted by Gasteiger charge is 2.12. The van der Waals surface area contributed by atoms with Crippen molar-refractivity contribution in [2.45, 2.75) is 20.5 Å². The number of nitrogens with one attached hydrogen (secondary N) is 2. The Balaban J connectivity index is 1.39. The Kier molecular flexibility index (Phi) is 8.39. The fraction of sp³-hybridized carbons (Fsp3) is 0.217. The van der Waals surface area contributed by atoms with Crippen molar-refractivity contribution in [2.24, 2.45) is 0 Å². The van der Waals surface area contributed by atoms with Gasteiger partial charge in [0.2, 0.25) is 5.91 Å². The second-order valence-corrected chi connectivity index (χ2v) is 8.45. The molecule has 0 aliphatic rings. The molecule has 2 amide bonds. The molecule has 0 radical (unpaired) electrons. The van der Waals surface area contributed by atoms with E-state index in [0.717, 1.165) is 16.3 Å². The van der Waals surface area contributed by atoms with E-state index in [0.29, 0.717) is 23.1 Å². The molecular weight excluding hydrogens is 466 g/mol. The predicted octanol–water partition coefficient (Wildman–Crippen LogP) is 3.90. The van der Waals surface area contributed by atoms with E-state index >= 15 is 0 Å². The van der Waals surface area contributed by atoms with Crippen LogP contribution in [0.15, 0.2) is 47.8 Å². The average molecular weight is 488 g/mol. The summed E-state index contributed by atoms with van der Waals surface area (Å²) in [6, 6.07) is 11.5. The Morgan fingerprint density at radius 2 is 1.82 bits per heavy atom. The monoisotopic (exact) mass is 487 g/mol. The zero-order valence-electron chi connectivity index (χ0n) is 18.0. The van der Waals surface area contributed by atoms with Gasteiger partial charge in [-0.05, 0) is 55.8 Å². The van der Waals surface area contributed by atoms with Crippen molar-refractivity contribution in [2.75, 3.05) is 18.5 Å². The van der Waals surface area contributed by atoms with E-state index < -0.39 is 24.4 Å². The van der Waals surface area contributed by atoms with Gasteiger partial charge in [0.1, 0.15) is 12.4 Å². The van der Waals surface area contributed by atoms with Crippen LogP contribution >= 0.6 is 22.9 Å². The zero-order chi connectivity index (χ0) is 23.8. The van der Waals surface area contributed by atoms with Crippen LogP contribution in [0.5, 0.6) is 5.75 Å². The number of amides is 2. The van der Waals surface area contributed by atoms with Gasteiger partial charge < -0.3 is 20.1 Å². The number of anilines is 1. The summed E-state index contributed by atoms with van der Waals surface area (Å²) in [6.07, 6.45) is 0. The second-order valence-electron chi connectivity index (χ2n) is 6.98. The topological polar surface area (TPSA) is 107 Å². The number of hydrogen-bond donors (Lipinski definition) is 2. The van der Waals surface area contributed by atoms with E-state index in [1.807, 2.05) is 12.3 Å². The molecule has 2 N–H and O–H groups in total. The summed E-state index contributed by atoms with van der Waals surface area (Å²) in [5.41, 5.74) is 2.39. The molecule has 0 atom stereocenters. The molecule has 0 spiro atoms. The number of benzene rings is 2. The SMILES string of the molecule is Cc1nc(COc2ccc(C(=O)OCC(=O)NCC(=O)Nc3cccc(Cl)c3C)cc2)cs1. The molecule has 33 heavy (non-hydrogen) atoms. The van der Waals surface area contributed by atoms with Gasteiger partial charge in [-0.2, -0.15) is 0 Å². The van der Waals surface area contributed by atoms with Crippen molar-refractivity contribution in [3.63, 3.8) is 0 Å². The van der Waals surface area contributed by atoms with Crippen LogP contribution in [0, 0.1) is 13.8 Å². The number of nitrogens with zero attached hydrogens (tertiary/aromatic N) is 1. The fourth-order valence-corrected chi connectivity index (χ4v) is 3.47. The molecule has 3 aromatic rings. The third-order valence-corrected chi connectivity index (χ3v) is 5.70. The van der Waals surface area contributed by atoms with Gasteiger partial charge in [-0.25, -0.2) is 9.78 Å². The molecule has 0 fully saturated rings. The summed E-state index contributed by atoms with van der Waals surface area (Å²) >= 11 is 7.57. The van der Waals surface area contributed by atoms with Gasteiger partial charge in [0.25, 0.3) is 5.91 Å². The van der Waals surface area contributed by atoms with Crippen LogP contribution in [0.2, 0.25) is 5.02 Å². The number of halogens is 1. The van der Waals surface area contributed by atoms with Crippen molar-refractivity contribution in [1.29, 1.82) is 0 Å². The molecule has 0 unspecified atom stereocenters. The van der Waals surface area contributed by atoms with Crippen LogP contribution in [0.25, 0.3) is 0 Å². The summed E-state index contributed by atoms with van der Waals surface area (Å²) in [6.45, 7) is 3.25. The predicted molar refractivity (Wildman–Crippen MR) is 126 cm³/mol. The van der Waals surface area contributed by atoms with Crippen LogP contribution in [-0.2, 0) is 20.9 Å². The highest BCUT2D eigenvalue weighted by Crippen LogP contribution is 2.22. The number of hydrogen-bond acceptors (Lipinski definition) is 7. The van der Waals surface area contributed by atoms with Crippen LogP contribution in [0.4, 0.5) is 5.69 Å². The van der Waals surface area contributed by atoms with Gasteiger partial charge in [0.05, 0.1) is 22.8 Å². The normalized spacial score (nSPS) is 10.4. The van der Waals surface area contributed by atoms with Crippen molar-refractivity contribution >= 4 is 46.4 Å². The molecule has 0 aliphatic heterocycles. The average Bonchev–Trinajstić information content (AvgIpc) is 3.23. The molecule has 0 aliphatic carbocycles. The van der Waals surface area contributed by atoms with E-state index in [1.54, 1.807) is 60.7 Å². The minimum Gasteiger partial charge on any atom is -0.487 e. The number of aromatic nitrogens is 1. The first-order valence-corrected chi connectivity index (χ1v) is 11.2. The fourth-order valence-electron chi connectivity index (χ4n) is 2.70. The maximum Gasteiger partial charge on any atom is 0.338 e. The Morgan fingerprint density at radius 3 is 2.52 bits per heavy atom. The lowest BCUT2D eigenvalue weighted by atomic mass is 10.2. The van der Waals surface area contributed by atoms with E-state index in [-0.39, 0.29) is 12.1 Å². The molecule has 0 bridgehead atoms. The molecule has 8 nitrogen and oxygen atoms in total. The van der Waals surface area contributed by atoms with Crippen molar-refractivity contribution in [1.82, 2.24) is 10.3 Å². The van der Waals surface area contributed by atoms with Crippen molar-refractivity contribution < 1.29 is 23.9 Å². The first-order valence-electron chi connectivity index (χ1n) is 9.94. The highest BCUT2D eigenvalue weighted by atomic mass is 35.5. The van der Waals surface area contributed by atoms with Gasteiger partial charge in [-0.1, -0.05) is 17.7 Å². The number of carbonyl (C=O) groups excluding carboxylic acids is 3. The molecule has 10 heteroatoms. The Bertz CT molecular complexity index is 1150. The van der Waals surface area contributed by atoms with E-state index in [1.165, 1.54) is 0 Å². The standard InChI is InChI=1S/C23H22ClN3O5S/c1-14-19(24)4-3-5-20(14)27-21(28)10-25-22(29)12-32-23(30)16-6-8-18(9-7-16)31-11-17-13-33-15(2)26-17/h3-9,13H,10-12H2,1-2H3,(H,25,29)(H,27,28). The number of esters is 1. The van der Waals surface area contributed by atoms with Gasteiger partial charge >= 0.3 is 5.97 Å². The van der Waals surface area contributed by atoms with Crippen LogP contribution in [-0.4, -0.2) is 35.9 Å². The molecule has 0 saturated heterocycles. The molecule has 1 heterocycles. The number of thiazole rings is 1. The third kappa shape index (κ3) is 7.30. The molecule has 3 rings (SSSR count). The van der Waals surface area contributed by atoms with Crippen LogP contribution in [0.3, 0.4) is 0 Å². The van der Waals surface area contributed by atoms with Crippen LogP contribution in [0.1, 0.15) is 26.6 Å². The lowest BCUT2D eigenvalue weighted by Crippen LogP contribution is -2.35. The summed E-state index contributed by atoms with van der Waals surface area (Å²) < 4.78 is 10.6. The molecule has 0 saturated carbocycles. The quantitative estimate of drug-likeness (QED) is 0.443. The molecule has 172 valence electrons. The van der Waals surface area contributed by atoms with Gasteiger partial charge in [0.15, 0.2) is 6.61 Å². The minimum absolute atomic E-state index is 0.271. The first kappa shape index (κ1) is 24.2. The summed E-state index contributed by atoms with van der Waals surface area (Å²) in [4.78, 5) is 40.4. The van der Waals surface area contributed by atoms with E-state index in [9.17, 15) is 14.4 Å². The minimum atomic E-state index is -0.661. The lowest BCUT2D eigenvalue weighted by molar-refractivity contribution is -0.126. The zero-order valence-corrected chi connectivity index (χ0v) is 19.6. The Hall–Kier alpha value is -3.43. The number of carbonyl (C=O) groups is 3. The Labute approximate surface area is 199 Å². The second kappa shape index (κ2) is 11.4. The van der Waals surface area contributed by atoms with Crippen LogP contribution < -0.4 is 15.4 Å². The maximum atomic E-state index is 12.1. The smallest absolute Gasteiger partial charge is 0.338 e. The number of rotatable bonds is 9. The van der Waals surface area contributed by atoms with Crippen molar-refractivity contribution in [3.05, 3.63) is 74.7 Å². The third-order valence-electron chi connectivity index (χ3n) is 4.47. The van der Waals surface area contributed by atoms with Gasteiger partial charge in [-0.15, -0.1) is 11.3 Å². The van der Waals surface area contributed by atoms with E-state index in [2.05, 4.69) is 15.6 Å². The highest BCUT2D eigenvalue weighted by molar-refractivity contribution is 7.09. The first-order chi connectivity index (χ1) is 15.8. The number of ether oxygens (including phenoxy) is 2. The summed E-state index contributed by atoms with van der Waals surface area (Å²) in [5, 5.41) is 8.48. The van der Waals surface area contributed by atoms with Gasteiger partial charge in [0, 0.05) is 16.1 Å². The van der Waals surface area contributed by atoms with E-state index in [4.69, 9.17) is 21.1 Å². The largest absolute Gasteiger partial charge is 0.487 e. The van der Waals surface area contributed by atoms with Gasteiger partial charge in [-0.3, -0.25) is 9.59 Å². The molecule has 1 aromatic heterocycles. The Morgan fingerprint density at radius 1 is 1.06 bits per heavy atom. The molecule has 2 aromatic carbocycles. The lowest BCUT2D eigenvalue weighted by Gasteiger charge is -2.10. The number of aryl methyl sites for hydroxylation is 1. The summed E-state index contributed by atoms with van der Waals surface area (Å²) in [5.74, 6) is -1.11. The molecular formula is C23H22ClN3O5S. The van der Waals surface area contributed by atoms with Crippen molar-refractivity contribution in [3.8, 4) is 5.75 Å². The summed E-state index contributed by atoms with van der Waals surface area (Å²) in [7, 11) is 0. The maximum absolute atomic E-state index is 12.1.